The summed E-state index contributed by atoms with van der Waals surface area (Å²) in [6.45, 7) is 1.40. The minimum Gasteiger partial charge on any atom is -0.497 e. The van der Waals surface area contributed by atoms with Crippen LogP contribution in [-0.2, 0) is 7.05 Å². The van der Waals surface area contributed by atoms with Crippen LogP contribution in [0.4, 0.5) is 5.69 Å². The zero-order valence-corrected chi connectivity index (χ0v) is 17.6. The highest BCUT2D eigenvalue weighted by molar-refractivity contribution is 6.05. The van der Waals surface area contributed by atoms with Crippen LogP contribution in [0.5, 0.6) is 11.5 Å². The minimum atomic E-state index is -0.497. The van der Waals surface area contributed by atoms with E-state index < -0.39 is 11.5 Å². The van der Waals surface area contributed by atoms with Gasteiger partial charge in [0.25, 0.3) is 17.4 Å². The van der Waals surface area contributed by atoms with Crippen LogP contribution in [0.1, 0.15) is 46.4 Å². The van der Waals surface area contributed by atoms with Gasteiger partial charge in [-0.1, -0.05) is 12.8 Å². The molecule has 2 aromatic rings. The Morgan fingerprint density at radius 3 is 2.07 bits per heavy atom. The number of methoxy groups -OCH3 is 2. The fraction of sp³-hybridized carbons (Fsp3) is 0.409. The van der Waals surface area contributed by atoms with Crippen LogP contribution < -0.4 is 20.3 Å². The molecule has 3 rings (SSSR count). The number of amides is 2. The van der Waals surface area contributed by atoms with E-state index in [1.807, 2.05) is 4.90 Å². The van der Waals surface area contributed by atoms with E-state index in [9.17, 15) is 14.4 Å². The van der Waals surface area contributed by atoms with Crippen LogP contribution in [0.25, 0.3) is 0 Å². The van der Waals surface area contributed by atoms with Crippen LogP contribution in [0.3, 0.4) is 0 Å². The maximum atomic E-state index is 13.0. The van der Waals surface area contributed by atoms with Gasteiger partial charge in [-0.2, -0.15) is 0 Å². The molecule has 8 nitrogen and oxygen atoms in total. The van der Waals surface area contributed by atoms with E-state index in [4.69, 9.17) is 9.47 Å². The first-order valence-corrected chi connectivity index (χ1v) is 9.97. The molecule has 30 heavy (non-hydrogen) atoms. The molecule has 1 aromatic heterocycles. The highest BCUT2D eigenvalue weighted by Crippen LogP contribution is 2.23. The number of nitrogens with zero attached hydrogens (tertiary/aromatic N) is 2. The van der Waals surface area contributed by atoms with Crippen LogP contribution in [0.2, 0.25) is 0 Å². The summed E-state index contributed by atoms with van der Waals surface area (Å²) in [6, 6.07) is 6.20. The maximum Gasteiger partial charge on any atom is 0.274 e. The normalized spacial score (nSPS) is 14.0. The molecular formula is C22H27N3O5. The molecule has 8 heteroatoms. The van der Waals surface area contributed by atoms with Gasteiger partial charge < -0.3 is 24.3 Å². The summed E-state index contributed by atoms with van der Waals surface area (Å²) < 4.78 is 11.7. The second-order valence-electron chi connectivity index (χ2n) is 7.32. The molecule has 0 bridgehead atoms. The van der Waals surface area contributed by atoms with Crippen LogP contribution in [-0.4, -0.2) is 48.6 Å². The van der Waals surface area contributed by atoms with Crippen molar-refractivity contribution in [3.63, 3.8) is 0 Å². The molecule has 2 heterocycles. The number of nitrogens with one attached hydrogen (secondary N) is 1. The van der Waals surface area contributed by atoms with E-state index in [1.54, 1.807) is 25.2 Å². The van der Waals surface area contributed by atoms with Crippen LogP contribution in [0.15, 0.2) is 35.3 Å². The van der Waals surface area contributed by atoms with E-state index in [0.29, 0.717) is 30.2 Å². The maximum absolute atomic E-state index is 13.0. The number of likely N-dealkylation sites (tertiary alicyclic amines) is 1. The van der Waals surface area contributed by atoms with Crippen molar-refractivity contribution < 1.29 is 19.1 Å². The van der Waals surface area contributed by atoms with Gasteiger partial charge >= 0.3 is 0 Å². The molecular weight excluding hydrogens is 386 g/mol. The van der Waals surface area contributed by atoms with Gasteiger partial charge in [0, 0.05) is 38.0 Å². The van der Waals surface area contributed by atoms with Gasteiger partial charge in [0.1, 0.15) is 17.2 Å². The fourth-order valence-corrected chi connectivity index (χ4v) is 3.51. The van der Waals surface area contributed by atoms with Crippen molar-refractivity contribution in [2.75, 3.05) is 32.6 Å². The standard InChI is InChI=1S/C22H27N3O5/c1-24-14-16(21(27)25-8-6-4-5-7-9-25)12-19(22(24)28)23-20(26)15-10-17(29-2)13-18(11-15)30-3/h10-14H,4-9H2,1-3H3,(H,23,26). The van der Waals surface area contributed by atoms with Gasteiger partial charge in [-0.3, -0.25) is 14.4 Å². The summed E-state index contributed by atoms with van der Waals surface area (Å²) >= 11 is 0. The number of benzene rings is 1. The fourth-order valence-electron chi connectivity index (χ4n) is 3.51. The second kappa shape index (κ2) is 9.47. The Hall–Kier alpha value is -3.29. The highest BCUT2D eigenvalue weighted by Gasteiger charge is 2.20. The predicted molar refractivity (Wildman–Crippen MR) is 114 cm³/mol. The van der Waals surface area contributed by atoms with Gasteiger partial charge in [-0.25, -0.2) is 0 Å². The number of anilines is 1. The lowest BCUT2D eigenvalue weighted by atomic mass is 10.1. The Labute approximate surface area is 175 Å². The molecule has 0 aliphatic carbocycles. The van der Waals surface area contributed by atoms with Gasteiger partial charge in [0.2, 0.25) is 0 Å². The molecule has 1 saturated heterocycles. The number of aromatic nitrogens is 1. The van der Waals surface area contributed by atoms with E-state index >= 15 is 0 Å². The number of aryl methyl sites for hydroxylation is 1. The first-order chi connectivity index (χ1) is 14.4. The van der Waals surface area contributed by atoms with Gasteiger partial charge in [-0.05, 0) is 31.0 Å². The lowest BCUT2D eigenvalue weighted by molar-refractivity contribution is 0.0760. The van der Waals surface area contributed by atoms with Crippen LogP contribution >= 0.6 is 0 Å². The zero-order chi connectivity index (χ0) is 21.7. The van der Waals surface area contributed by atoms with Crippen molar-refractivity contribution in [2.45, 2.75) is 25.7 Å². The number of rotatable bonds is 5. The molecule has 0 saturated carbocycles. The SMILES string of the molecule is COc1cc(OC)cc(C(=O)Nc2cc(C(=O)N3CCCCCC3)cn(C)c2=O)c1. The van der Waals surface area contributed by atoms with Crippen molar-refractivity contribution in [1.82, 2.24) is 9.47 Å². The average molecular weight is 413 g/mol. The summed E-state index contributed by atoms with van der Waals surface area (Å²) in [5, 5.41) is 2.63. The summed E-state index contributed by atoms with van der Waals surface area (Å²) in [5.74, 6) is 0.282. The summed E-state index contributed by atoms with van der Waals surface area (Å²) in [5.41, 5.74) is 0.297. The monoisotopic (exact) mass is 413 g/mol. The topological polar surface area (TPSA) is 89.9 Å². The molecule has 0 spiro atoms. The average Bonchev–Trinajstić information content (AvgIpc) is 3.05. The molecule has 1 aromatic carbocycles. The third-order valence-electron chi connectivity index (χ3n) is 5.19. The molecule has 1 N–H and O–H groups in total. The molecule has 0 atom stereocenters. The lowest BCUT2D eigenvalue weighted by Gasteiger charge is -2.21. The number of carbonyl (C=O) groups excluding carboxylic acids is 2. The third kappa shape index (κ3) is 4.82. The van der Waals surface area contributed by atoms with E-state index in [0.717, 1.165) is 25.7 Å². The Morgan fingerprint density at radius 1 is 0.900 bits per heavy atom. The molecule has 0 unspecified atom stereocenters. The third-order valence-corrected chi connectivity index (χ3v) is 5.19. The molecule has 160 valence electrons. The quantitative estimate of drug-likeness (QED) is 0.814. The van der Waals surface area contributed by atoms with Crippen molar-refractivity contribution in [3.05, 3.63) is 51.9 Å². The van der Waals surface area contributed by atoms with E-state index in [2.05, 4.69) is 5.32 Å². The number of carbonyl (C=O) groups is 2. The number of hydrogen-bond donors (Lipinski definition) is 1. The number of hydrogen-bond acceptors (Lipinski definition) is 5. The molecule has 2 amide bonds. The molecule has 0 radical (unpaired) electrons. The Kier molecular flexibility index (Phi) is 6.76. The van der Waals surface area contributed by atoms with Gasteiger partial charge in [0.15, 0.2) is 0 Å². The largest absolute Gasteiger partial charge is 0.497 e. The molecule has 1 aliphatic heterocycles. The first kappa shape index (κ1) is 21.4. The first-order valence-electron chi connectivity index (χ1n) is 9.97. The van der Waals surface area contributed by atoms with Gasteiger partial charge in [-0.15, -0.1) is 0 Å². The smallest absolute Gasteiger partial charge is 0.274 e. The van der Waals surface area contributed by atoms with Crippen molar-refractivity contribution in [1.29, 1.82) is 0 Å². The van der Waals surface area contributed by atoms with Crippen molar-refractivity contribution in [2.24, 2.45) is 7.05 Å². The number of pyridine rings is 1. The Bertz CT molecular complexity index is 969. The second-order valence-corrected chi connectivity index (χ2v) is 7.32. The van der Waals surface area contributed by atoms with Crippen molar-refractivity contribution >= 4 is 17.5 Å². The highest BCUT2D eigenvalue weighted by atomic mass is 16.5. The van der Waals surface area contributed by atoms with Gasteiger partial charge in [0.05, 0.1) is 19.8 Å². The number of ether oxygens (including phenoxy) is 2. The molecule has 1 fully saturated rings. The van der Waals surface area contributed by atoms with E-state index in [-0.39, 0.29) is 17.2 Å². The molecule has 1 aliphatic rings. The van der Waals surface area contributed by atoms with Crippen LogP contribution in [0, 0.1) is 0 Å². The van der Waals surface area contributed by atoms with E-state index in [1.165, 1.54) is 31.0 Å². The summed E-state index contributed by atoms with van der Waals surface area (Å²) in [7, 11) is 4.54. The predicted octanol–water partition coefficient (Wildman–Crippen LogP) is 2.67. The summed E-state index contributed by atoms with van der Waals surface area (Å²) in [6.07, 6.45) is 5.68. The van der Waals surface area contributed by atoms with Crippen molar-refractivity contribution in [3.8, 4) is 11.5 Å². The summed E-state index contributed by atoms with van der Waals surface area (Å²) in [4.78, 5) is 40.1. The Morgan fingerprint density at radius 2 is 1.50 bits per heavy atom. The minimum absolute atomic E-state index is 0.0463. The Balaban J connectivity index is 1.88. The lowest BCUT2D eigenvalue weighted by Crippen LogP contribution is -2.33. The zero-order valence-electron chi connectivity index (χ0n) is 17.6.